The van der Waals surface area contributed by atoms with Crippen LogP contribution < -0.4 is 0 Å². The molecule has 0 aromatic carbocycles. The molecule has 10 heavy (non-hydrogen) atoms. The van der Waals surface area contributed by atoms with E-state index >= 15 is 0 Å². The van der Waals surface area contributed by atoms with Gasteiger partial charge in [0.25, 0.3) is 0 Å². The normalized spacial score (nSPS) is 37.1. The van der Waals surface area contributed by atoms with Gasteiger partial charge in [0.15, 0.2) is 0 Å². The minimum atomic E-state index is -2.25. The lowest BCUT2D eigenvalue weighted by atomic mass is 10.1. The molecular weight excluding hydrogens is 134 g/mol. The van der Waals surface area contributed by atoms with Crippen LogP contribution in [0.1, 0.15) is 18.2 Å². The number of nitrogens with zero attached hydrogens (tertiary/aromatic N) is 1. The molecule has 0 radical (unpaired) electrons. The first-order valence-electron chi connectivity index (χ1n) is 4.83. The number of carbonyl (C=O) groups is 1. The summed E-state index contributed by atoms with van der Waals surface area (Å²) >= 11 is 0. The van der Waals surface area contributed by atoms with Crippen LogP contribution in [-0.2, 0) is 0 Å². The van der Waals surface area contributed by atoms with Gasteiger partial charge in [-0.25, -0.2) is 4.79 Å². The zero-order valence-electron chi connectivity index (χ0n) is 9.24. The number of piperidine rings is 1. The molecule has 1 fully saturated rings. The van der Waals surface area contributed by atoms with Gasteiger partial charge >= 0.3 is 6.09 Å². The maximum Gasteiger partial charge on any atom is 0.407 e. The highest BCUT2D eigenvalue weighted by atomic mass is 16.4. The Kier molecular flexibility index (Phi) is 1.03. The van der Waals surface area contributed by atoms with E-state index in [2.05, 4.69) is 0 Å². The molecule has 4 nitrogen and oxygen atoms in total. The van der Waals surface area contributed by atoms with Crippen LogP contribution in [0, 0.1) is 0 Å². The molecule has 1 aliphatic heterocycles. The fourth-order valence-corrected chi connectivity index (χ4v) is 0.657. The molecule has 1 heterocycles. The van der Waals surface area contributed by atoms with Crippen molar-refractivity contribution in [1.29, 1.82) is 0 Å². The van der Waals surface area contributed by atoms with Crippen molar-refractivity contribution in [1.82, 2.24) is 4.90 Å². The van der Waals surface area contributed by atoms with Gasteiger partial charge in [-0.15, -0.1) is 0 Å². The molecule has 0 unspecified atom stereocenters. The summed E-state index contributed by atoms with van der Waals surface area (Å²) in [6.07, 6.45) is -7.68. The van der Waals surface area contributed by atoms with Crippen molar-refractivity contribution in [2.45, 2.75) is 18.8 Å². The fourth-order valence-electron chi connectivity index (χ4n) is 0.657. The number of carboxylic acid groups (broad SMARTS) is 1. The Labute approximate surface area is 64.7 Å². The Morgan fingerprint density at radius 3 is 2.50 bits per heavy atom. The predicted molar refractivity (Wildman–Crippen MR) is 34.8 cm³/mol. The van der Waals surface area contributed by atoms with E-state index in [0.29, 0.717) is 4.90 Å². The zero-order chi connectivity index (χ0) is 11.1. The van der Waals surface area contributed by atoms with E-state index in [1.165, 1.54) is 0 Å². The van der Waals surface area contributed by atoms with Crippen LogP contribution in [0.4, 0.5) is 4.79 Å². The third-order valence-corrected chi connectivity index (χ3v) is 1.22. The topological polar surface area (TPSA) is 60.8 Å². The second-order valence-electron chi connectivity index (χ2n) is 1.95. The molecule has 0 spiro atoms. The Balaban J connectivity index is 2.91. The molecule has 1 saturated heterocycles. The number of amides is 1. The van der Waals surface area contributed by atoms with Crippen molar-refractivity contribution in [2.24, 2.45) is 0 Å². The second kappa shape index (κ2) is 2.88. The van der Waals surface area contributed by atoms with Crippen molar-refractivity contribution in [2.75, 3.05) is 13.1 Å². The van der Waals surface area contributed by atoms with E-state index in [4.69, 9.17) is 10.6 Å². The predicted octanol–water partition coefficient (Wildman–Crippen LogP) is 0.121. The van der Waals surface area contributed by atoms with Crippen molar-refractivity contribution in [3.63, 3.8) is 0 Å². The number of aliphatic hydroxyl groups is 1. The average Bonchev–Trinajstić information content (AvgIpc) is 1.98. The first kappa shape index (κ1) is 3.57. The van der Waals surface area contributed by atoms with Crippen LogP contribution in [0.3, 0.4) is 0 Å². The van der Waals surface area contributed by atoms with E-state index in [9.17, 15) is 9.90 Å². The fraction of sp³-hybridized carbons (Fsp3) is 0.833. The lowest BCUT2D eigenvalue weighted by Crippen LogP contribution is -2.39. The molecular formula is C6H11NO3. The van der Waals surface area contributed by atoms with Gasteiger partial charge in [0.2, 0.25) is 0 Å². The summed E-state index contributed by atoms with van der Waals surface area (Å²) < 4.78 is 29.1. The number of hydrogen-bond acceptors (Lipinski definition) is 2. The van der Waals surface area contributed by atoms with Gasteiger partial charge in [-0.3, -0.25) is 0 Å². The zero-order valence-corrected chi connectivity index (χ0v) is 5.24. The number of likely N-dealkylation sites (tertiary alicyclic amines) is 1. The third-order valence-electron chi connectivity index (χ3n) is 1.22. The molecule has 1 amide bonds. The van der Waals surface area contributed by atoms with Crippen LogP contribution in [0.2, 0.25) is 0 Å². The van der Waals surface area contributed by atoms with Gasteiger partial charge in [-0.05, 0) is 12.7 Å². The van der Waals surface area contributed by atoms with Gasteiger partial charge in [-0.2, -0.15) is 0 Å². The molecule has 4 heteroatoms. The van der Waals surface area contributed by atoms with Crippen LogP contribution in [0.25, 0.3) is 0 Å². The molecule has 0 aromatic rings. The standard InChI is InChI=1S/C6H11NO3/c8-5-1-3-7(4-2-5)6(9)10/h5,8H,1-4H2,(H,9,10)/i1D2,2D2. The highest BCUT2D eigenvalue weighted by molar-refractivity contribution is 5.64. The van der Waals surface area contributed by atoms with Gasteiger partial charge in [0.05, 0.1) is 6.10 Å². The highest BCUT2D eigenvalue weighted by Gasteiger charge is 2.19. The lowest BCUT2D eigenvalue weighted by molar-refractivity contribution is 0.0769. The van der Waals surface area contributed by atoms with E-state index in [0.717, 1.165) is 0 Å². The summed E-state index contributed by atoms with van der Waals surface area (Å²) in [7, 11) is 0. The van der Waals surface area contributed by atoms with E-state index in [-0.39, 0.29) is 0 Å². The quantitative estimate of drug-likeness (QED) is 0.514. The minimum Gasteiger partial charge on any atom is -0.465 e. The molecule has 58 valence electrons. The summed E-state index contributed by atoms with van der Waals surface area (Å²) in [5, 5.41) is 17.9. The van der Waals surface area contributed by atoms with Crippen molar-refractivity contribution < 1.29 is 20.5 Å². The molecule has 2 N–H and O–H groups in total. The van der Waals surface area contributed by atoms with Crippen LogP contribution in [0.15, 0.2) is 0 Å². The Hall–Kier alpha value is -0.770. The Bertz CT molecular complexity index is 239. The molecule has 1 rings (SSSR count). The molecule has 0 aliphatic carbocycles. The first-order valence-corrected chi connectivity index (χ1v) is 2.83. The van der Waals surface area contributed by atoms with E-state index in [1.54, 1.807) is 0 Å². The average molecular weight is 149 g/mol. The molecule has 1 aliphatic rings. The second-order valence-corrected chi connectivity index (χ2v) is 1.95. The van der Waals surface area contributed by atoms with Gasteiger partial charge in [0, 0.05) is 18.6 Å². The maximum absolute atomic E-state index is 10.5. The number of hydrogen-bond donors (Lipinski definition) is 2. The molecule has 0 bridgehead atoms. The summed E-state index contributed by atoms with van der Waals surface area (Å²) in [5.74, 6) is 0. The first-order chi connectivity index (χ1) is 6.17. The van der Waals surface area contributed by atoms with Crippen molar-refractivity contribution >= 4 is 6.09 Å². The van der Waals surface area contributed by atoms with Crippen LogP contribution >= 0.6 is 0 Å². The number of rotatable bonds is 0. The Morgan fingerprint density at radius 1 is 1.60 bits per heavy atom. The SMILES string of the molecule is [2H]C1([2H])CN(C(=O)O)CC([2H])([2H])C1O. The monoisotopic (exact) mass is 149 g/mol. The smallest absolute Gasteiger partial charge is 0.407 e. The van der Waals surface area contributed by atoms with Gasteiger partial charge < -0.3 is 15.1 Å². The summed E-state index contributed by atoms with van der Waals surface area (Å²) in [4.78, 5) is 11.2. The van der Waals surface area contributed by atoms with E-state index in [1.807, 2.05) is 0 Å². The van der Waals surface area contributed by atoms with Crippen LogP contribution in [0.5, 0.6) is 0 Å². The van der Waals surface area contributed by atoms with Crippen LogP contribution in [-0.4, -0.2) is 40.4 Å². The van der Waals surface area contributed by atoms with E-state index < -0.39 is 38.0 Å². The highest BCUT2D eigenvalue weighted by Crippen LogP contribution is 2.08. The van der Waals surface area contributed by atoms with Gasteiger partial charge in [-0.1, -0.05) is 0 Å². The maximum atomic E-state index is 10.5. The lowest BCUT2D eigenvalue weighted by Gasteiger charge is -2.26. The summed E-state index contributed by atoms with van der Waals surface area (Å²) in [6, 6.07) is 0. The summed E-state index contributed by atoms with van der Waals surface area (Å²) in [6.45, 7) is -1.02. The molecule has 0 aromatic heterocycles. The Morgan fingerprint density at radius 2 is 2.10 bits per heavy atom. The van der Waals surface area contributed by atoms with Crippen molar-refractivity contribution in [3.05, 3.63) is 0 Å². The minimum absolute atomic E-state index is 0.511. The largest absolute Gasteiger partial charge is 0.465 e. The summed E-state index contributed by atoms with van der Waals surface area (Å²) in [5.41, 5.74) is 0. The molecule has 0 atom stereocenters. The molecule has 0 saturated carbocycles. The third kappa shape index (κ3) is 1.60. The number of aliphatic hydroxyl groups excluding tert-OH is 1. The van der Waals surface area contributed by atoms with Crippen molar-refractivity contribution in [3.8, 4) is 0 Å². The van der Waals surface area contributed by atoms with Gasteiger partial charge in [0.1, 0.15) is 0 Å².